The number of para-hydroxylation sites is 1. The van der Waals surface area contributed by atoms with Crippen molar-refractivity contribution < 1.29 is 14.3 Å². The van der Waals surface area contributed by atoms with E-state index in [1.165, 1.54) is 0 Å². The minimum atomic E-state index is -0.245. The van der Waals surface area contributed by atoms with Crippen LogP contribution in [0.5, 0.6) is 11.5 Å². The van der Waals surface area contributed by atoms with Gasteiger partial charge in [0.2, 0.25) is 0 Å². The van der Waals surface area contributed by atoms with Crippen molar-refractivity contribution in [3.05, 3.63) is 84.4 Å². The Labute approximate surface area is 187 Å². The molecule has 1 N–H and O–H groups in total. The molecule has 1 unspecified atom stereocenters. The van der Waals surface area contributed by atoms with E-state index < -0.39 is 0 Å². The van der Waals surface area contributed by atoms with Crippen LogP contribution in [0.4, 0.5) is 5.69 Å². The molecule has 1 amide bonds. The molecule has 0 radical (unpaired) electrons. The van der Waals surface area contributed by atoms with Crippen LogP contribution in [0, 0.1) is 11.3 Å². The fourth-order valence-corrected chi connectivity index (χ4v) is 3.76. The average Bonchev–Trinajstić information content (AvgIpc) is 2.79. The first-order chi connectivity index (χ1) is 15.1. The standard InChI is InChI=1S/C25H24N2O3S/c1-19(15-16-26)31-24-10-6-5-9-23(24)27-25(28)18-30-22-13-11-21(12-14-22)29-17-20-7-3-2-4-8-20/h2-14,19H,15,17-18H2,1H3,(H,27,28). The Hall–Kier alpha value is -3.43. The third-order valence-electron chi connectivity index (χ3n) is 4.31. The Bertz CT molecular complexity index is 1020. The highest BCUT2D eigenvalue weighted by atomic mass is 32.2. The smallest absolute Gasteiger partial charge is 0.262 e. The van der Waals surface area contributed by atoms with Crippen molar-refractivity contribution in [2.45, 2.75) is 30.1 Å². The Morgan fingerprint density at radius 3 is 2.32 bits per heavy atom. The van der Waals surface area contributed by atoms with Gasteiger partial charge in [-0.3, -0.25) is 4.79 Å². The van der Waals surface area contributed by atoms with Crippen molar-refractivity contribution in [1.29, 1.82) is 5.26 Å². The number of ether oxygens (including phenoxy) is 2. The molecule has 3 aromatic rings. The van der Waals surface area contributed by atoms with Gasteiger partial charge in [-0.05, 0) is 42.0 Å². The van der Waals surface area contributed by atoms with Crippen LogP contribution in [0.1, 0.15) is 18.9 Å². The summed E-state index contributed by atoms with van der Waals surface area (Å²) < 4.78 is 11.4. The lowest BCUT2D eigenvalue weighted by atomic mass is 10.2. The first-order valence-electron chi connectivity index (χ1n) is 9.96. The maximum Gasteiger partial charge on any atom is 0.262 e. The molecule has 5 nitrogen and oxygen atoms in total. The van der Waals surface area contributed by atoms with Crippen LogP contribution in [0.2, 0.25) is 0 Å². The maximum absolute atomic E-state index is 12.4. The van der Waals surface area contributed by atoms with E-state index in [1.54, 1.807) is 23.9 Å². The number of carbonyl (C=O) groups excluding carboxylic acids is 1. The van der Waals surface area contributed by atoms with Gasteiger partial charge in [-0.1, -0.05) is 49.4 Å². The van der Waals surface area contributed by atoms with Crippen molar-refractivity contribution in [2.75, 3.05) is 11.9 Å². The summed E-state index contributed by atoms with van der Waals surface area (Å²) in [4.78, 5) is 13.3. The Morgan fingerprint density at radius 1 is 0.968 bits per heavy atom. The zero-order valence-corrected chi connectivity index (χ0v) is 18.1. The van der Waals surface area contributed by atoms with Crippen LogP contribution in [0.15, 0.2) is 83.8 Å². The van der Waals surface area contributed by atoms with Gasteiger partial charge in [0.15, 0.2) is 6.61 Å². The predicted octanol–water partition coefficient (Wildman–Crippen LogP) is 5.68. The number of nitriles is 1. The monoisotopic (exact) mass is 432 g/mol. The molecule has 3 aromatic carbocycles. The first kappa shape index (κ1) is 22.3. The van der Waals surface area contributed by atoms with E-state index in [4.69, 9.17) is 14.7 Å². The molecule has 31 heavy (non-hydrogen) atoms. The molecule has 6 heteroatoms. The van der Waals surface area contributed by atoms with E-state index in [-0.39, 0.29) is 17.8 Å². The van der Waals surface area contributed by atoms with Gasteiger partial charge in [-0.25, -0.2) is 0 Å². The summed E-state index contributed by atoms with van der Waals surface area (Å²) in [5.74, 6) is 1.08. The van der Waals surface area contributed by atoms with Crippen LogP contribution in [-0.4, -0.2) is 17.8 Å². The quantitative estimate of drug-likeness (QED) is 0.418. The number of hydrogen-bond donors (Lipinski definition) is 1. The molecule has 0 saturated carbocycles. The lowest BCUT2D eigenvalue weighted by Gasteiger charge is -2.13. The van der Waals surface area contributed by atoms with Crippen molar-refractivity contribution in [3.8, 4) is 17.6 Å². The van der Waals surface area contributed by atoms with Gasteiger partial charge in [0, 0.05) is 16.6 Å². The van der Waals surface area contributed by atoms with Gasteiger partial charge in [0.1, 0.15) is 18.1 Å². The molecule has 0 bridgehead atoms. The predicted molar refractivity (Wildman–Crippen MR) is 123 cm³/mol. The lowest BCUT2D eigenvalue weighted by molar-refractivity contribution is -0.118. The van der Waals surface area contributed by atoms with E-state index in [9.17, 15) is 4.79 Å². The van der Waals surface area contributed by atoms with Crippen molar-refractivity contribution in [3.63, 3.8) is 0 Å². The van der Waals surface area contributed by atoms with Gasteiger partial charge in [-0.2, -0.15) is 5.26 Å². The SMILES string of the molecule is CC(CC#N)Sc1ccccc1NC(=O)COc1ccc(OCc2ccccc2)cc1. The summed E-state index contributed by atoms with van der Waals surface area (Å²) >= 11 is 1.56. The highest BCUT2D eigenvalue weighted by Gasteiger charge is 2.11. The number of anilines is 1. The number of thioether (sulfide) groups is 1. The molecular weight excluding hydrogens is 408 g/mol. The average molecular weight is 433 g/mol. The van der Waals surface area contributed by atoms with E-state index >= 15 is 0 Å². The van der Waals surface area contributed by atoms with Crippen LogP contribution in [0.25, 0.3) is 0 Å². The fraction of sp³-hybridized carbons (Fsp3) is 0.200. The molecule has 0 aliphatic rings. The summed E-state index contributed by atoms with van der Waals surface area (Å²) in [5, 5.41) is 11.9. The second-order valence-corrected chi connectivity index (χ2v) is 8.35. The molecule has 1 atom stereocenters. The van der Waals surface area contributed by atoms with Gasteiger partial charge in [0.25, 0.3) is 5.91 Å². The summed E-state index contributed by atoms with van der Waals surface area (Å²) in [5.41, 5.74) is 1.82. The van der Waals surface area contributed by atoms with Gasteiger partial charge >= 0.3 is 0 Å². The molecule has 0 aliphatic carbocycles. The minimum Gasteiger partial charge on any atom is -0.489 e. The third kappa shape index (κ3) is 7.40. The van der Waals surface area contributed by atoms with E-state index in [1.807, 2.05) is 73.7 Å². The number of carbonyl (C=O) groups is 1. The number of amides is 1. The Morgan fingerprint density at radius 2 is 1.61 bits per heavy atom. The number of rotatable bonds is 10. The van der Waals surface area contributed by atoms with E-state index in [0.29, 0.717) is 18.8 Å². The van der Waals surface area contributed by atoms with Crippen molar-refractivity contribution >= 4 is 23.4 Å². The zero-order valence-electron chi connectivity index (χ0n) is 17.3. The largest absolute Gasteiger partial charge is 0.489 e. The van der Waals surface area contributed by atoms with Crippen LogP contribution >= 0.6 is 11.8 Å². The van der Waals surface area contributed by atoms with Crippen LogP contribution < -0.4 is 14.8 Å². The summed E-state index contributed by atoms with van der Waals surface area (Å²) in [6, 6.07) is 26.9. The van der Waals surface area contributed by atoms with E-state index in [2.05, 4.69) is 11.4 Å². The zero-order chi connectivity index (χ0) is 21.9. The Balaban J connectivity index is 1.48. The molecule has 0 aromatic heterocycles. The molecule has 0 saturated heterocycles. The van der Waals surface area contributed by atoms with Crippen molar-refractivity contribution in [1.82, 2.24) is 0 Å². The fourth-order valence-electron chi connectivity index (χ4n) is 2.77. The summed E-state index contributed by atoms with van der Waals surface area (Å²) in [7, 11) is 0. The topological polar surface area (TPSA) is 71.4 Å². The highest BCUT2D eigenvalue weighted by molar-refractivity contribution is 8.00. The highest BCUT2D eigenvalue weighted by Crippen LogP contribution is 2.31. The number of benzene rings is 3. The van der Waals surface area contributed by atoms with Gasteiger partial charge < -0.3 is 14.8 Å². The maximum atomic E-state index is 12.4. The molecule has 0 aliphatic heterocycles. The minimum absolute atomic E-state index is 0.100. The van der Waals surface area contributed by atoms with E-state index in [0.717, 1.165) is 21.9 Å². The summed E-state index contributed by atoms with van der Waals surface area (Å²) in [6.45, 7) is 2.38. The van der Waals surface area contributed by atoms with Crippen LogP contribution in [0.3, 0.4) is 0 Å². The van der Waals surface area contributed by atoms with Gasteiger partial charge in [-0.15, -0.1) is 11.8 Å². The molecule has 0 spiro atoms. The molecule has 0 fully saturated rings. The van der Waals surface area contributed by atoms with Gasteiger partial charge in [0.05, 0.1) is 11.8 Å². The second kappa shape index (κ2) is 11.7. The molecule has 3 rings (SSSR count). The lowest BCUT2D eigenvalue weighted by Crippen LogP contribution is -2.20. The Kier molecular flexibility index (Phi) is 8.39. The van der Waals surface area contributed by atoms with Crippen LogP contribution in [-0.2, 0) is 11.4 Å². The number of hydrogen-bond acceptors (Lipinski definition) is 5. The molecule has 158 valence electrons. The number of nitrogens with zero attached hydrogens (tertiary/aromatic N) is 1. The normalized spacial score (nSPS) is 11.2. The molecule has 0 heterocycles. The second-order valence-electron chi connectivity index (χ2n) is 6.87. The first-order valence-corrected chi connectivity index (χ1v) is 10.8. The third-order valence-corrected chi connectivity index (χ3v) is 5.49. The van der Waals surface area contributed by atoms with Crippen molar-refractivity contribution in [2.24, 2.45) is 0 Å². The summed E-state index contributed by atoms with van der Waals surface area (Å²) in [6.07, 6.45) is 0.446. The number of nitrogens with one attached hydrogen (secondary N) is 1. The molecular formula is C25H24N2O3S.